The first-order valence-corrected chi connectivity index (χ1v) is 11.2. The highest BCUT2D eigenvalue weighted by Crippen LogP contribution is 2.32. The van der Waals surface area contributed by atoms with Crippen LogP contribution in [0.4, 0.5) is 0 Å². The van der Waals surface area contributed by atoms with Gasteiger partial charge in [0.25, 0.3) is 5.52 Å². The quantitative estimate of drug-likeness (QED) is 0.348. The molecule has 0 saturated heterocycles. The molecule has 148 valence electrons. The number of hydrogen-bond acceptors (Lipinski definition) is 4. The maximum atomic E-state index is 10.9. The van der Waals surface area contributed by atoms with E-state index in [4.69, 9.17) is 4.42 Å². The molecule has 0 spiro atoms. The van der Waals surface area contributed by atoms with Gasteiger partial charge in [-0.05, 0) is 12.5 Å². The monoisotopic (exact) mass is 400 g/mol. The van der Waals surface area contributed by atoms with Crippen LogP contribution < -0.4 is 4.57 Å². The van der Waals surface area contributed by atoms with E-state index < -0.39 is 10.1 Å². The molecule has 6 nitrogen and oxygen atoms in total. The van der Waals surface area contributed by atoms with Crippen molar-refractivity contribution < 1.29 is 22.0 Å². The number of para-hydroxylation sites is 1. The molecular formula is C21H24N2O4S. The first-order valence-electron chi connectivity index (χ1n) is 9.66. The van der Waals surface area contributed by atoms with Crippen LogP contribution in [-0.4, -0.2) is 23.3 Å². The van der Waals surface area contributed by atoms with E-state index in [2.05, 4.69) is 41.8 Å². The van der Waals surface area contributed by atoms with Crippen LogP contribution in [0.2, 0.25) is 0 Å². The van der Waals surface area contributed by atoms with E-state index in [1.165, 1.54) is 10.9 Å². The molecule has 0 aliphatic rings. The molecule has 0 N–H and O–H groups in total. The summed E-state index contributed by atoms with van der Waals surface area (Å²) in [6, 6.07) is 12.6. The molecule has 28 heavy (non-hydrogen) atoms. The zero-order valence-corrected chi connectivity index (χ0v) is 17.0. The highest BCUT2D eigenvalue weighted by Gasteiger charge is 2.22. The van der Waals surface area contributed by atoms with Crippen LogP contribution in [0.3, 0.4) is 0 Å². The Kier molecular flexibility index (Phi) is 4.89. The van der Waals surface area contributed by atoms with Crippen LogP contribution in [-0.2, 0) is 23.2 Å². The largest absolute Gasteiger partial charge is 0.748 e. The van der Waals surface area contributed by atoms with E-state index in [1.54, 1.807) is 0 Å². The molecule has 0 fully saturated rings. The second-order valence-corrected chi connectivity index (χ2v) is 8.77. The average Bonchev–Trinajstić information content (AvgIpc) is 3.11. The minimum Gasteiger partial charge on any atom is -0.748 e. The summed E-state index contributed by atoms with van der Waals surface area (Å²) in [7, 11) is -4.21. The average molecular weight is 401 g/mol. The summed E-state index contributed by atoms with van der Waals surface area (Å²) < 4.78 is 43.1. The topological polar surface area (TPSA) is 79.1 Å². The van der Waals surface area contributed by atoms with Crippen LogP contribution in [0.5, 0.6) is 0 Å². The molecule has 2 aromatic carbocycles. The summed E-state index contributed by atoms with van der Waals surface area (Å²) in [5.41, 5.74) is 4.05. The van der Waals surface area contributed by atoms with Crippen molar-refractivity contribution in [3.8, 4) is 0 Å². The highest BCUT2D eigenvalue weighted by molar-refractivity contribution is 7.85. The van der Waals surface area contributed by atoms with Gasteiger partial charge >= 0.3 is 5.89 Å². The Morgan fingerprint density at radius 2 is 1.89 bits per heavy atom. The van der Waals surface area contributed by atoms with Gasteiger partial charge in [-0.25, -0.2) is 8.42 Å². The van der Waals surface area contributed by atoms with Crippen molar-refractivity contribution in [3.63, 3.8) is 0 Å². The lowest BCUT2D eigenvalue weighted by Crippen LogP contribution is -2.36. The van der Waals surface area contributed by atoms with E-state index >= 15 is 0 Å². The highest BCUT2D eigenvalue weighted by atomic mass is 32.2. The molecule has 0 amide bonds. The number of nitrogens with zero attached hydrogens (tertiary/aromatic N) is 2. The SMILES string of the molecule is CCCCn1c2ccccc2c2cc3c(cc21)oc(C)[n+]3CCCS(=O)(=O)[O-]. The Hall–Kier alpha value is -2.38. The molecule has 0 atom stereocenters. The first-order chi connectivity index (χ1) is 13.4. The van der Waals surface area contributed by atoms with Gasteiger partial charge in [0.2, 0.25) is 5.58 Å². The van der Waals surface area contributed by atoms with Crippen LogP contribution >= 0.6 is 0 Å². The molecule has 0 aliphatic heterocycles. The number of benzene rings is 2. The third-order valence-corrected chi connectivity index (χ3v) is 6.08. The van der Waals surface area contributed by atoms with Crippen LogP contribution in [0.15, 0.2) is 40.8 Å². The predicted octanol–water partition coefficient (Wildman–Crippen LogP) is 3.87. The molecule has 0 radical (unpaired) electrons. The Morgan fingerprint density at radius 1 is 1.11 bits per heavy atom. The Balaban J connectivity index is 1.87. The van der Waals surface area contributed by atoms with E-state index in [-0.39, 0.29) is 12.2 Å². The number of aryl methyl sites for hydroxylation is 3. The fourth-order valence-electron chi connectivity index (χ4n) is 3.97. The molecule has 2 aromatic heterocycles. The van der Waals surface area contributed by atoms with Crippen LogP contribution in [0, 0.1) is 6.92 Å². The molecule has 0 bridgehead atoms. The summed E-state index contributed by atoms with van der Waals surface area (Å²) in [5, 5.41) is 2.35. The van der Waals surface area contributed by atoms with E-state index in [0.717, 1.165) is 41.4 Å². The smallest absolute Gasteiger partial charge is 0.344 e. The zero-order valence-electron chi connectivity index (χ0n) is 16.1. The summed E-state index contributed by atoms with van der Waals surface area (Å²) in [6.07, 6.45) is 2.49. The summed E-state index contributed by atoms with van der Waals surface area (Å²) in [5.74, 6) is 0.334. The predicted molar refractivity (Wildman–Crippen MR) is 108 cm³/mol. The molecule has 2 heterocycles. The lowest BCUT2D eigenvalue weighted by molar-refractivity contribution is -0.682. The van der Waals surface area contributed by atoms with E-state index in [9.17, 15) is 13.0 Å². The Labute approximate surface area is 164 Å². The Bertz CT molecular complexity index is 1270. The van der Waals surface area contributed by atoms with Crippen molar-refractivity contribution in [2.45, 2.75) is 46.2 Å². The van der Waals surface area contributed by atoms with Gasteiger partial charge in [0.15, 0.2) is 6.54 Å². The molecule has 0 unspecified atom stereocenters. The normalized spacial score (nSPS) is 12.5. The minimum atomic E-state index is -4.21. The van der Waals surface area contributed by atoms with Crippen molar-refractivity contribution in [2.24, 2.45) is 0 Å². The van der Waals surface area contributed by atoms with E-state index in [0.29, 0.717) is 12.4 Å². The van der Waals surface area contributed by atoms with Gasteiger partial charge in [-0.3, -0.25) is 0 Å². The molecule has 0 aliphatic carbocycles. The van der Waals surface area contributed by atoms with Gasteiger partial charge in [-0.15, -0.1) is 0 Å². The molecular weight excluding hydrogens is 376 g/mol. The van der Waals surface area contributed by atoms with Crippen molar-refractivity contribution in [2.75, 3.05) is 5.75 Å². The Morgan fingerprint density at radius 3 is 2.64 bits per heavy atom. The third kappa shape index (κ3) is 3.40. The third-order valence-electron chi connectivity index (χ3n) is 5.29. The zero-order chi connectivity index (χ0) is 19.9. The van der Waals surface area contributed by atoms with Crippen molar-refractivity contribution in [1.29, 1.82) is 0 Å². The molecule has 4 aromatic rings. The number of rotatable bonds is 7. The summed E-state index contributed by atoms with van der Waals surface area (Å²) in [4.78, 5) is 0. The molecule has 7 heteroatoms. The van der Waals surface area contributed by atoms with Gasteiger partial charge < -0.3 is 13.5 Å². The second kappa shape index (κ2) is 7.22. The minimum absolute atomic E-state index is 0.266. The number of fused-ring (bicyclic) bond motifs is 4. The number of oxazole rings is 1. The first kappa shape index (κ1) is 19.0. The molecule has 4 rings (SSSR count). The van der Waals surface area contributed by atoms with Gasteiger partial charge in [0.1, 0.15) is 0 Å². The van der Waals surface area contributed by atoms with Crippen molar-refractivity contribution in [3.05, 3.63) is 42.3 Å². The fraction of sp³-hybridized carbons (Fsp3) is 0.381. The van der Waals surface area contributed by atoms with Crippen LogP contribution in [0.1, 0.15) is 32.1 Å². The molecule has 0 saturated carbocycles. The summed E-state index contributed by atoms with van der Waals surface area (Å²) in [6.45, 7) is 5.43. The van der Waals surface area contributed by atoms with Gasteiger partial charge in [0, 0.05) is 47.1 Å². The van der Waals surface area contributed by atoms with Crippen molar-refractivity contribution >= 4 is 43.0 Å². The lowest BCUT2D eigenvalue weighted by atomic mass is 10.1. The number of hydrogen-bond donors (Lipinski definition) is 0. The summed E-state index contributed by atoms with van der Waals surface area (Å²) >= 11 is 0. The fourth-order valence-corrected chi connectivity index (χ4v) is 4.46. The van der Waals surface area contributed by atoms with Crippen molar-refractivity contribution in [1.82, 2.24) is 4.57 Å². The van der Waals surface area contributed by atoms with Crippen LogP contribution in [0.25, 0.3) is 32.9 Å². The van der Waals surface area contributed by atoms with Gasteiger partial charge in [0.05, 0.1) is 22.6 Å². The standard InChI is InChI=1S/C21H24N2O4S/c1-3-4-10-23-18-9-6-5-8-16(18)17-13-20-21(14-19(17)23)27-15(2)22(20)11-7-12-28(24,25)26/h5-6,8-9,13-14H,3-4,7,10-12H2,1-2H3. The second-order valence-electron chi connectivity index (χ2n) is 7.25. The van der Waals surface area contributed by atoms with Gasteiger partial charge in [-0.2, -0.15) is 4.57 Å². The number of aromatic nitrogens is 2. The van der Waals surface area contributed by atoms with E-state index in [1.807, 2.05) is 17.6 Å². The maximum Gasteiger partial charge on any atom is 0.344 e. The van der Waals surface area contributed by atoms with Gasteiger partial charge in [-0.1, -0.05) is 31.5 Å². The number of unbranched alkanes of at least 4 members (excludes halogenated alkanes) is 1. The lowest BCUT2D eigenvalue weighted by Gasteiger charge is -2.05. The maximum absolute atomic E-state index is 10.9.